The van der Waals surface area contributed by atoms with Crippen molar-refractivity contribution in [3.63, 3.8) is 0 Å². The zero-order valence-corrected chi connectivity index (χ0v) is 13.4. The van der Waals surface area contributed by atoms with Crippen LogP contribution in [-0.4, -0.2) is 19.4 Å². The molecule has 2 aromatic carbocycles. The van der Waals surface area contributed by atoms with Gasteiger partial charge in [0, 0.05) is 4.47 Å². The van der Waals surface area contributed by atoms with Crippen LogP contribution in [-0.2, 0) is 0 Å². The van der Waals surface area contributed by atoms with E-state index in [-0.39, 0.29) is 0 Å². The van der Waals surface area contributed by atoms with Gasteiger partial charge in [0.25, 0.3) is 0 Å². The van der Waals surface area contributed by atoms with E-state index in [1.807, 2.05) is 28.7 Å². The van der Waals surface area contributed by atoms with Gasteiger partial charge in [-0.25, -0.2) is 9.97 Å². The maximum Gasteiger partial charge on any atom is 0.309 e. The molecule has 0 aliphatic rings. The largest absolute Gasteiger partial charge is 0.423 e. The number of imidazole rings is 1. The summed E-state index contributed by atoms with van der Waals surface area (Å²) in [7, 11) is 0. The summed E-state index contributed by atoms with van der Waals surface area (Å²) < 4.78 is 8.90. The first-order valence-electron chi connectivity index (χ1n) is 7.06. The molecule has 5 rings (SSSR count). The van der Waals surface area contributed by atoms with E-state index in [1.54, 1.807) is 6.20 Å². The molecule has 6 heteroatoms. The fourth-order valence-electron chi connectivity index (χ4n) is 2.81. The van der Waals surface area contributed by atoms with Crippen LogP contribution in [0.5, 0.6) is 0 Å². The third-order valence-electron chi connectivity index (χ3n) is 3.89. The van der Waals surface area contributed by atoms with E-state index < -0.39 is 0 Å². The fraction of sp³-hybridized carbons (Fsp3) is 0. The highest BCUT2D eigenvalue weighted by Crippen LogP contribution is 2.29. The summed E-state index contributed by atoms with van der Waals surface area (Å²) in [6.07, 6.45) is 3.24. The van der Waals surface area contributed by atoms with Gasteiger partial charge in [0.05, 0.1) is 11.7 Å². The molecule has 0 saturated heterocycles. The monoisotopic (exact) mass is 364 g/mol. The van der Waals surface area contributed by atoms with Gasteiger partial charge >= 0.3 is 5.84 Å². The topological polar surface area (TPSA) is 56.2 Å². The Labute approximate surface area is 138 Å². The summed E-state index contributed by atoms with van der Waals surface area (Å²) in [5.41, 5.74) is 5.46. The van der Waals surface area contributed by atoms with E-state index in [4.69, 9.17) is 4.42 Å². The number of halogens is 1. The minimum absolute atomic E-state index is 0.531. The Morgan fingerprint density at radius 2 is 1.78 bits per heavy atom. The summed E-state index contributed by atoms with van der Waals surface area (Å²) in [4.78, 5) is 12.6. The number of hydrogen-bond donors (Lipinski definition) is 0. The van der Waals surface area contributed by atoms with E-state index >= 15 is 0 Å². The summed E-state index contributed by atoms with van der Waals surface area (Å²) in [5.74, 6) is 0.531. The van der Waals surface area contributed by atoms with E-state index in [1.165, 1.54) is 6.33 Å². The summed E-state index contributed by atoms with van der Waals surface area (Å²) in [6.45, 7) is 0. The maximum atomic E-state index is 5.90. The summed E-state index contributed by atoms with van der Waals surface area (Å²) in [5, 5.41) is 0. The van der Waals surface area contributed by atoms with Gasteiger partial charge in [0.2, 0.25) is 0 Å². The second kappa shape index (κ2) is 4.63. The van der Waals surface area contributed by atoms with Crippen molar-refractivity contribution in [1.29, 1.82) is 0 Å². The first-order chi connectivity index (χ1) is 11.3. The third kappa shape index (κ3) is 1.88. The van der Waals surface area contributed by atoms with Gasteiger partial charge in [-0.05, 0) is 35.4 Å². The molecule has 0 aliphatic heterocycles. The zero-order chi connectivity index (χ0) is 15.4. The Morgan fingerprint density at radius 3 is 2.65 bits per heavy atom. The van der Waals surface area contributed by atoms with Crippen LogP contribution in [0, 0.1) is 0 Å². The van der Waals surface area contributed by atoms with Crippen LogP contribution in [0.4, 0.5) is 0 Å². The van der Waals surface area contributed by atoms with E-state index in [9.17, 15) is 0 Å². The molecule has 0 bridgehead atoms. The number of hydrogen-bond acceptors (Lipinski definition) is 4. The lowest BCUT2D eigenvalue weighted by Crippen LogP contribution is -1.84. The van der Waals surface area contributed by atoms with Crippen molar-refractivity contribution in [1.82, 2.24) is 19.4 Å². The zero-order valence-electron chi connectivity index (χ0n) is 11.8. The molecule has 0 saturated carbocycles. The van der Waals surface area contributed by atoms with E-state index in [0.717, 1.165) is 32.2 Å². The second-order valence-corrected chi connectivity index (χ2v) is 6.17. The van der Waals surface area contributed by atoms with Gasteiger partial charge in [-0.3, -0.25) is 4.40 Å². The van der Waals surface area contributed by atoms with Crippen molar-refractivity contribution < 1.29 is 4.42 Å². The van der Waals surface area contributed by atoms with E-state index in [2.05, 4.69) is 49.1 Å². The molecule has 0 aliphatic carbocycles. The molecule has 0 radical (unpaired) electrons. The van der Waals surface area contributed by atoms with E-state index in [0.29, 0.717) is 11.5 Å². The number of fused-ring (bicyclic) bond motifs is 5. The molecule has 0 spiro atoms. The highest BCUT2D eigenvalue weighted by Gasteiger charge is 2.14. The lowest BCUT2D eigenvalue weighted by atomic mass is 10.1. The highest BCUT2D eigenvalue weighted by atomic mass is 79.9. The average Bonchev–Trinajstić information content (AvgIpc) is 3.10. The molecule has 3 heterocycles. The van der Waals surface area contributed by atoms with Crippen LogP contribution in [0.25, 0.3) is 39.2 Å². The number of aromatic nitrogens is 4. The summed E-state index contributed by atoms with van der Waals surface area (Å²) in [6, 6.07) is 14.3. The number of benzene rings is 2. The molecule has 0 fully saturated rings. The fourth-order valence-corrected chi connectivity index (χ4v) is 3.07. The van der Waals surface area contributed by atoms with Gasteiger partial charge in [-0.2, -0.15) is 4.98 Å². The molecule has 5 aromatic rings. The first-order valence-corrected chi connectivity index (χ1v) is 7.85. The minimum atomic E-state index is 0.531. The molecule has 110 valence electrons. The Balaban J connectivity index is 1.77. The summed E-state index contributed by atoms with van der Waals surface area (Å²) >= 11 is 3.46. The van der Waals surface area contributed by atoms with Crippen molar-refractivity contribution in [3.05, 3.63) is 59.5 Å². The smallest absolute Gasteiger partial charge is 0.309 e. The molecule has 0 atom stereocenters. The maximum absolute atomic E-state index is 5.90. The third-order valence-corrected chi connectivity index (χ3v) is 4.41. The quantitative estimate of drug-likeness (QED) is 0.440. The van der Waals surface area contributed by atoms with Crippen molar-refractivity contribution in [3.8, 4) is 11.1 Å². The van der Waals surface area contributed by atoms with Gasteiger partial charge in [-0.15, -0.1) is 0 Å². The number of oxazole rings is 1. The van der Waals surface area contributed by atoms with Gasteiger partial charge in [-0.1, -0.05) is 34.1 Å². The van der Waals surface area contributed by atoms with Gasteiger partial charge in [0.15, 0.2) is 11.2 Å². The van der Waals surface area contributed by atoms with Crippen LogP contribution < -0.4 is 0 Å². The Bertz CT molecular complexity index is 1170. The van der Waals surface area contributed by atoms with Crippen LogP contribution in [0.15, 0.2) is 63.9 Å². The first kappa shape index (κ1) is 12.8. The molecule has 23 heavy (non-hydrogen) atoms. The normalized spacial score (nSPS) is 11.7. The van der Waals surface area contributed by atoms with Gasteiger partial charge in [0.1, 0.15) is 11.8 Å². The Morgan fingerprint density at radius 1 is 0.957 bits per heavy atom. The van der Waals surface area contributed by atoms with Crippen molar-refractivity contribution in [2.75, 3.05) is 0 Å². The second-order valence-electron chi connectivity index (χ2n) is 5.25. The van der Waals surface area contributed by atoms with Gasteiger partial charge < -0.3 is 4.42 Å². The van der Waals surface area contributed by atoms with Crippen LogP contribution >= 0.6 is 15.9 Å². The molecular weight excluding hydrogens is 356 g/mol. The number of rotatable bonds is 1. The highest BCUT2D eigenvalue weighted by molar-refractivity contribution is 9.10. The van der Waals surface area contributed by atoms with Crippen LogP contribution in [0.2, 0.25) is 0 Å². The molecule has 0 amide bonds. The SMILES string of the molecule is Brc1ccc(-c2ccc3c(c2)oc2nc4ncncc4n23)cc1. The Hall–Kier alpha value is -2.73. The predicted molar refractivity (Wildman–Crippen MR) is 91.2 cm³/mol. The standard InChI is InChI=1S/C17H9BrN4O/c18-12-4-1-10(2-5-12)11-3-6-13-15(7-11)23-17-21-16-14(22(13)17)8-19-9-20-16/h1-9H. The molecular formula is C17H9BrN4O. The molecule has 0 N–H and O–H groups in total. The average molecular weight is 365 g/mol. The van der Waals surface area contributed by atoms with Crippen LogP contribution in [0.1, 0.15) is 0 Å². The predicted octanol–water partition coefficient (Wildman–Crippen LogP) is 4.45. The van der Waals surface area contributed by atoms with Crippen molar-refractivity contribution in [2.24, 2.45) is 0 Å². The Kier molecular flexibility index (Phi) is 2.57. The molecule has 5 nitrogen and oxygen atoms in total. The van der Waals surface area contributed by atoms with Crippen molar-refractivity contribution in [2.45, 2.75) is 0 Å². The minimum Gasteiger partial charge on any atom is -0.423 e. The lowest BCUT2D eigenvalue weighted by Gasteiger charge is -2.01. The van der Waals surface area contributed by atoms with Crippen LogP contribution in [0.3, 0.4) is 0 Å². The molecule has 3 aromatic heterocycles. The lowest BCUT2D eigenvalue weighted by molar-refractivity contribution is 0.643. The number of nitrogens with zero attached hydrogens (tertiary/aromatic N) is 4. The van der Waals surface area contributed by atoms with Crippen molar-refractivity contribution >= 4 is 44.0 Å². The molecule has 0 unspecified atom stereocenters.